The molecule has 1 rings (SSSR count). The molecule has 2 nitrogen and oxygen atoms in total. The van der Waals surface area contributed by atoms with Gasteiger partial charge in [-0.05, 0) is 19.9 Å². The lowest BCUT2D eigenvalue weighted by Gasteiger charge is -2.32. The topological polar surface area (TPSA) is 12.5 Å². The van der Waals surface area contributed by atoms with E-state index in [9.17, 15) is 0 Å². The largest absolute Gasteiger partial charge is 0.363 e. The highest BCUT2D eigenvalue weighted by molar-refractivity contribution is 4.68. The maximum Gasteiger partial charge on any atom is 0.0991 e. The van der Waals surface area contributed by atoms with Gasteiger partial charge >= 0.3 is 0 Å². The first-order valence-corrected chi connectivity index (χ1v) is 3.50. The maximum absolute atomic E-state index is 5.43. The maximum atomic E-state index is 5.43. The Bertz CT molecular complexity index is 94.9. The van der Waals surface area contributed by atoms with Gasteiger partial charge in [0.1, 0.15) is 0 Å². The molecule has 0 aliphatic carbocycles. The van der Waals surface area contributed by atoms with Crippen molar-refractivity contribution in [3.63, 3.8) is 0 Å². The Morgan fingerprint density at radius 3 is 2.56 bits per heavy atom. The summed E-state index contributed by atoms with van der Waals surface area (Å²) in [4.78, 5) is 2.20. The second-order valence-electron chi connectivity index (χ2n) is 3.02. The van der Waals surface area contributed by atoms with Gasteiger partial charge in [0.2, 0.25) is 0 Å². The normalized spacial score (nSPS) is 39.0. The van der Waals surface area contributed by atoms with Crippen LogP contribution < -0.4 is 0 Å². The van der Waals surface area contributed by atoms with Crippen LogP contribution in [0.5, 0.6) is 0 Å². The standard InChI is InChI=1S/C7H15NO/c1-6-4-8(3)5-9-7(6)2/h6-7H,4-5H2,1-3H3/t6-,7-/m1/s1. The number of rotatable bonds is 0. The molecule has 0 aromatic heterocycles. The van der Waals surface area contributed by atoms with Gasteiger partial charge in [-0.2, -0.15) is 0 Å². The van der Waals surface area contributed by atoms with Crippen molar-refractivity contribution in [3.8, 4) is 0 Å². The highest BCUT2D eigenvalue weighted by atomic mass is 16.5. The van der Waals surface area contributed by atoms with E-state index in [1.54, 1.807) is 0 Å². The minimum absolute atomic E-state index is 0.446. The third-order valence-electron chi connectivity index (χ3n) is 1.96. The van der Waals surface area contributed by atoms with Crippen molar-refractivity contribution in [2.75, 3.05) is 20.3 Å². The minimum atomic E-state index is 0.446. The SMILES string of the molecule is C[C@@H]1CN(C)CO[C@@H]1C. The monoisotopic (exact) mass is 129 g/mol. The Morgan fingerprint density at radius 1 is 1.44 bits per heavy atom. The van der Waals surface area contributed by atoms with E-state index in [0.717, 1.165) is 6.73 Å². The molecule has 1 aliphatic rings. The second kappa shape index (κ2) is 2.67. The van der Waals surface area contributed by atoms with Crippen LogP contribution in [0, 0.1) is 5.92 Å². The lowest BCUT2D eigenvalue weighted by Crippen LogP contribution is -2.40. The zero-order chi connectivity index (χ0) is 6.85. The van der Waals surface area contributed by atoms with Crippen LogP contribution in [0.3, 0.4) is 0 Å². The summed E-state index contributed by atoms with van der Waals surface area (Å²) in [6.45, 7) is 6.32. The minimum Gasteiger partial charge on any atom is -0.363 e. The Balaban J connectivity index is 2.35. The van der Waals surface area contributed by atoms with Gasteiger partial charge < -0.3 is 4.74 Å². The molecule has 0 aromatic carbocycles. The fraction of sp³-hybridized carbons (Fsp3) is 1.00. The van der Waals surface area contributed by atoms with Crippen molar-refractivity contribution in [1.29, 1.82) is 0 Å². The predicted molar refractivity (Wildman–Crippen MR) is 37.2 cm³/mol. The zero-order valence-electron chi connectivity index (χ0n) is 6.42. The van der Waals surface area contributed by atoms with Gasteiger partial charge in [-0.1, -0.05) is 6.92 Å². The van der Waals surface area contributed by atoms with Crippen molar-refractivity contribution in [3.05, 3.63) is 0 Å². The molecule has 2 atom stereocenters. The smallest absolute Gasteiger partial charge is 0.0991 e. The van der Waals surface area contributed by atoms with Crippen molar-refractivity contribution in [2.24, 2.45) is 5.92 Å². The number of nitrogens with zero attached hydrogens (tertiary/aromatic N) is 1. The van der Waals surface area contributed by atoms with Gasteiger partial charge in [0.15, 0.2) is 0 Å². The Morgan fingerprint density at radius 2 is 2.11 bits per heavy atom. The molecule has 1 aliphatic heterocycles. The molecule has 0 bridgehead atoms. The van der Waals surface area contributed by atoms with Gasteiger partial charge in [0, 0.05) is 6.54 Å². The molecule has 0 spiro atoms. The van der Waals surface area contributed by atoms with Crippen LogP contribution in [0.1, 0.15) is 13.8 Å². The van der Waals surface area contributed by atoms with Crippen LogP contribution >= 0.6 is 0 Å². The van der Waals surface area contributed by atoms with Crippen LogP contribution in [0.4, 0.5) is 0 Å². The average Bonchev–Trinajstić information content (AvgIpc) is 1.80. The molecule has 0 unspecified atom stereocenters. The molecule has 2 heteroatoms. The fourth-order valence-electron chi connectivity index (χ4n) is 1.10. The van der Waals surface area contributed by atoms with Crippen molar-refractivity contribution in [2.45, 2.75) is 20.0 Å². The molecule has 0 amide bonds. The zero-order valence-corrected chi connectivity index (χ0v) is 6.42. The molecule has 1 fully saturated rings. The number of ether oxygens (including phenoxy) is 1. The molecule has 9 heavy (non-hydrogen) atoms. The van der Waals surface area contributed by atoms with Crippen LogP contribution in [-0.2, 0) is 4.74 Å². The van der Waals surface area contributed by atoms with E-state index in [1.807, 2.05) is 0 Å². The molecule has 0 saturated carbocycles. The predicted octanol–water partition coefficient (Wildman–Crippen LogP) is 0.930. The third-order valence-corrected chi connectivity index (χ3v) is 1.96. The Hall–Kier alpha value is -0.0800. The molecule has 1 saturated heterocycles. The summed E-state index contributed by atoms with van der Waals surface area (Å²) >= 11 is 0. The number of hydrogen-bond acceptors (Lipinski definition) is 2. The van der Waals surface area contributed by atoms with E-state index in [-0.39, 0.29) is 0 Å². The van der Waals surface area contributed by atoms with E-state index in [1.165, 1.54) is 6.54 Å². The number of hydrogen-bond donors (Lipinski definition) is 0. The summed E-state index contributed by atoms with van der Waals surface area (Å²) in [7, 11) is 2.09. The quantitative estimate of drug-likeness (QED) is 0.482. The van der Waals surface area contributed by atoms with Crippen LogP contribution in [0.2, 0.25) is 0 Å². The van der Waals surface area contributed by atoms with Crippen LogP contribution in [0.25, 0.3) is 0 Å². The second-order valence-corrected chi connectivity index (χ2v) is 3.02. The average molecular weight is 129 g/mol. The Labute approximate surface area is 56.8 Å². The lowest BCUT2D eigenvalue weighted by molar-refractivity contribution is -0.0794. The third kappa shape index (κ3) is 1.66. The highest BCUT2D eigenvalue weighted by Gasteiger charge is 2.19. The lowest BCUT2D eigenvalue weighted by atomic mass is 10.1. The van der Waals surface area contributed by atoms with Crippen LogP contribution in [-0.4, -0.2) is 31.3 Å². The van der Waals surface area contributed by atoms with E-state index >= 15 is 0 Å². The van der Waals surface area contributed by atoms with Gasteiger partial charge in [-0.3, -0.25) is 4.90 Å². The van der Waals surface area contributed by atoms with Crippen molar-refractivity contribution < 1.29 is 4.74 Å². The van der Waals surface area contributed by atoms with Gasteiger partial charge in [0.25, 0.3) is 0 Å². The molecule has 1 heterocycles. The summed E-state index contributed by atoms with van der Waals surface area (Å²) in [5.41, 5.74) is 0. The van der Waals surface area contributed by atoms with Gasteiger partial charge in [-0.15, -0.1) is 0 Å². The first-order valence-electron chi connectivity index (χ1n) is 3.50. The van der Waals surface area contributed by atoms with Crippen molar-refractivity contribution >= 4 is 0 Å². The summed E-state index contributed by atoms with van der Waals surface area (Å²) in [6.07, 6.45) is 0.446. The van der Waals surface area contributed by atoms with E-state index in [4.69, 9.17) is 4.74 Å². The highest BCUT2D eigenvalue weighted by Crippen LogP contribution is 2.13. The molecule has 0 aromatic rings. The molecular weight excluding hydrogens is 114 g/mol. The van der Waals surface area contributed by atoms with Crippen molar-refractivity contribution in [1.82, 2.24) is 4.90 Å². The summed E-state index contributed by atoms with van der Waals surface area (Å²) in [5.74, 6) is 0.684. The summed E-state index contributed by atoms with van der Waals surface area (Å²) in [6, 6.07) is 0. The first kappa shape index (κ1) is 7.03. The summed E-state index contributed by atoms with van der Waals surface area (Å²) < 4.78 is 5.43. The first-order chi connectivity index (χ1) is 4.20. The molecule has 54 valence electrons. The fourth-order valence-corrected chi connectivity index (χ4v) is 1.10. The summed E-state index contributed by atoms with van der Waals surface area (Å²) in [5, 5.41) is 0. The van der Waals surface area contributed by atoms with Gasteiger partial charge in [-0.25, -0.2) is 0 Å². The Kier molecular flexibility index (Phi) is 2.09. The van der Waals surface area contributed by atoms with Gasteiger partial charge in [0.05, 0.1) is 12.8 Å². The molecule has 0 N–H and O–H groups in total. The van der Waals surface area contributed by atoms with E-state index in [2.05, 4.69) is 25.8 Å². The van der Waals surface area contributed by atoms with Crippen LogP contribution in [0.15, 0.2) is 0 Å². The van der Waals surface area contributed by atoms with E-state index < -0.39 is 0 Å². The molecular formula is C7H15NO. The van der Waals surface area contributed by atoms with E-state index in [0.29, 0.717) is 12.0 Å². The molecule has 0 radical (unpaired) electrons.